The Morgan fingerprint density at radius 3 is 1.71 bits per heavy atom. The van der Waals surface area contributed by atoms with Gasteiger partial charge in [-0.25, -0.2) is 0 Å². The second kappa shape index (κ2) is 11.4. The molecule has 1 unspecified atom stereocenters. The fraction of sp³-hybridized carbons (Fsp3) is 1.00. The first-order chi connectivity index (χ1) is 8.24. The molecule has 0 saturated carbocycles. The van der Waals surface area contributed by atoms with Gasteiger partial charge < -0.3 is 10.2 Å². The van der Waals surface area contributed by atoms with Gasteiger partial charge in [0.1, 0.15) is 0 Å². The number of hydrogen-bond donors (Lipinski definition) is 2. The molecule has 3 nitrogen and oxygen atoms in total. The summed E-state index contributed by atoms with van der Waals surface area (Å²) in [5.41, 5.74) is 0. The number of rotatable bonds is 11. The number of aliphatic hydroxyl groups excluding tert-OH is 2. The van der Waals surface area contributed by atoms with Crippen molar-refractivity contribution >= 4 is 7.92 Å². The lowest BCUT2D eigenvalue weighted by Crippen LogP contribution is -2.34. The largest absolute Gasteiger partial charge is 0.396 e. The van der Waals surface area contributed by atoms with Gasteiger partial charge in [-0.15, -0.1) is 0 Å². The Balaban J connectivity index is 4.45. The topological polar surface area (TPSA) is 43.7 Å². The van der Waals surface area contributed by atoms with Crippen LogP contribution in [0.4, 0.5) is 0 Å². The minimum Gasteiger partial charge on any atom is -0.396 e. The molecular weight excluding hydrogens is 233 g/mol. The molecular formula is C13H30NO2P. The Bertz CT molecular complexity index is 157. The van der Waals surface area contributed by atoms with Crippen LogP contribution in [-0.4, -0.2) is 59.5 Å². The van der Waals surface area contributed by atoms with E-state index >= 15 is 0 Å². The van der Waals surface area contributed by atoms with Crippen molar-refractivity contribution in [3.63, 3.8) is 0 Å². The van der Waals surface area contributed by atoms with Crippen LogP contribution in [0.5, 0.6) is 0 Å². The third-order valence-corrected chi connectivity index (χ3v) is 6.54. The Labute approximate surface area is 108 Å². The summed E-state index contributed by atoms with van der Waals surface area (Å²) in [5, 5.41) is 18.0. The predicted molar refractivity (Wildman–Crippen MR) is 77.1 cm³/mol. The molecule has 104 valence electrons. The third-order valence-electron chi connectivity index (χ3n) is 3.23. The van der Waals surface area contributed by atoms with Gasteiger partial charge in [-0.3, -0.25) is 4.90 Å². The average Bonchev–Trinajstić information content (AvgIpc) is 2.37. The SMILES string of the molecule is CCC(N(CC)CC)P(CCCO)CCCO. The smallest absolute Gasteiger partial charge is 0.0434 e. The van der Waals surface area contributed by atoms with Crippen LogP contribution in [0.1, 0.15) is 40.0 Å². The van der Waals surface area contributed by atoms with Crippen molar-refractivity contribution in [2.45, 2.75) is 45.8 Å². The standard InChI is InChI=1S/C13H30NO2P/c1-4-13(14(5-2)6-3)17(11-7-9-15)12-8-10-16/h13,15-16H,4-12H2,1-3H3. The van der Waals surface area contributed by atoms with Crippen LogP contribution in [-0.2, 0) is 0 Å². The van der Waals surface area contributed by atoms with Gasteiger partial charge in [-0.2, -0.15) is 0 Å². The zero-order valence-corrected chi connectivity index (χ0v) is 12.6. The minimum absolute atomic E-state index is 0.0811. The summed E-state index contributed by atoms with van der Waals surface area (Å²) >= 11 is 0. The summed E-state index contributed by atoms with van der Waals surface area (Å²) in [5.74, 6) is 0.665. The van der Waals surface area contributed by atoms with Gasteiger partial charge in [-0.1, -0.05) is 28.7 Å². The summed E-state index contributed by atoms with van der Waals surface area (Å²) in [6, 6.07) is 0. The van der Waals surface area contributed by atoms with E-state index in [1.807, 2.05) is 0 Å². The first-order valence-electron chi connectivity index (χ1n) is 6.94. The molecule has 0 amide bonds. The van der Waals surface area contributed by atoms with E-state index in [4.69, 9.17) is 10.2 Å². The maximum atomic E-state index is 9.00. The fourth-order valence-corrected chi connectivity index (χ4v) is 5.57. The van der Waals surface area contributed by atoms with E-state index in [0.717, 1.165) is 38.3 Å². The van der Waals surface area contributed by atoms with E-state index in [1.54, 1.807) is 0 Å². The van der Waals surface area contributed by atoms with Gasteiger partial charge in [0.15, 0.2) is 0 Å². The van der Waals surface area contributed by atoms with E-state index in [1.165, 1.54) is 6.42 Å². The molecule has 0 saturated heterocycles. The minimum atomic E-state index is -0.0811. The lowest BCUT2D eigenvalue weighted by atomic mass is 10.4. The van der Waals surface area contributed by atoms with E-state index in [9.17, 15) is 0 Å². The molecule has 0 aromatic heterocycles. The van der Waals surface area contributed by atoms with Crippen LogP contribution < -0.4 is 0 Å². The first kappa shape index (κ1) is 17.3. The van der Waals surface area contributed by atoms with Crippen molar-refractivity contribution < 1.29 is 10.2 Å². The molecule has 1 atom stereocenters. The van der Waals surface area contributed by atoms with Crippen LogP contribution in [0, 0.1) is 0 Å². The van der Waals surface area contributed by atoms with Gasteiger partial charge in [0.05, 0.1) is 0 Å². The van der Waals surface area contributed by atoms with Crippen molar-refractivity contribution in [3.8, 4) is 0 Å². The Morgan fingerprint density at radius 2 is 1.41 bits per heavy atom. The second-order valence-electron chi connectivity index (χ2n) is 4.30. The van der Waals surface area contributed by atoms with Gasteiger partial charge in [0.25, 0.3) is 0 Å². The molecule has 0 heterocycles. The van der Waals surface area contributed by atoms with E-state index in [-0.39, 0.29) is 7.92 Å². The monoisotopic (exact) mass is 263 g/mol. The van der Waals surface area contributed by atoms with Gasteiger partial charge in [-0.05, 0) is 44.7 Å². The molecule has 0 aromatic carbocycles. The van der Waals surface area contributed by atoms with Crippen molar-refractivity contribution in [2.75, 3.05) is 38.6 Å². The maximum Gasteiger partial charge on any atom is 0.0434 e. The molecule has 0 bridgehead atoms. The highest BCUT2D eigenvalue weighted by Gasteiger charge is 2.22. The Morgan fingerprint density at radius 1 is 0.941 bits per heavy atom. The fourth-order valence-electron chi connectivity index (χ4n) is 2.35. The highest BCUT2D eigenvalue weighted by molar-refractivity contribution is 7.58. The molecule has 2 N–H and O–H groups in total. The molecule has 0 fully saturated rings. The van der Waals surface area contributed by atoms with Crippen LogP contribution in [0.3, 0.4) is 0 Å². The lowest BCUT2D eigenvalue weighted by molar-refractivity contribution is 0.270. The summed E-state index contributed by atoms with van der Waals surface area (Å²) < 4.78 is 0. The van der Waals surface area contributed by atoms with Crippen LogP contribution in [0.15, 0.2) is 0 Å². The van der Waals surface area contributed by atoms with E-state index in [2.05, 4.69) is 25.7 Å². The van der Waals surface area contributed by atoms with Gasteiger partial charge in [0, 0.05) is 19.0 Å². The third kappa shape index (κ3) is 6.71. The zero-order chi connectivity index (χ0) is 13.1. The molecule has 0 spiro atoms. The molecule has 0 radical (unpaired) electrons. The molecule has 0 aliphatic rings. The predicted octanol–water partition coefficient (Wildman–Crippen LogP) is 2.31. The molecule has 4 heteroatoms. The second-order valence-corrected chi connectivity index (χ2v) is 6.97. The van der Waals surface area contributed by atoms with Crippen LogP contribution in [0.25, 0.3) is 0 Å². The van der Waals surface area contributed by atoms with Crippen molar-refractivity contribution in [1.82, 2.24) is 4.90 Å². The van der Waals surface area contributed by atoms with Crippen molar-refractivity contribution in [2.24, 2.45) is 0 Å². The molecule has 0 aliphatic heterocycles. The first-order valence-corrected chi connectivity index (χ1v) is 8.72. The maximum absolute atomic E-state index is 9.00. The summed E-state index contributed by atoms with van der Waals surface area (Å²) in [6.45, 7) is 9.50. The van der Waals surface area contributed by atoms with Crippen LogP contribution in [0.2, 0.25) is 0 Å². The highest BCUT2D eigenvalue weighted by atomic mass is 31.1. The van der Waals surface area contributed by atoms with Crippen LogP contribution >= 0.6 is 7.92 Å². The quantitative estimate of drug-likeness (QED) is 0.562. The normalized spacial score (nSPS) is 13.6. The Kier molecular flexibility index (Phi) is 11.6. The molecule has 0 aromatic rings. The molecule has 17 heavy (non-hydrogen) atoms. The summed E-state index contributed by atoms with van der Waals surface area (Å²) in [6.07, 6.45) is 5.29. The van der Waals surface area contributed by atoms with Gasteiger partial charge in [0.2, 0.25) is 0 Å². The van der Waals surface area contributed by atoms with E-state index < -0.39 is 0 Å². The van der Waals surface area contributed by atoms with E-state index in [0.29, 0.717) is 19.0 Å². The summed E-state index contributed by atoms with van der Waals surface area (Å²) in [7, 11) is -0.0811. The summed E-state index contributed by atoms with van der Waals surface area (Å²) in [4.78, 5) is 2.54. The highest BCUT2D eigenvalue weighted by Crippen LogP contribution is 2.45. The molecule has 0 rings (SSSR count). The van der Waals surface area contributed by atoms with Crippen molar-refractivity contribution in [1.29, 1.82) is 0 Å². The average molecular weight is 263 g/mol. The number of nitrogens with zero attached hydrogens (tertiary/aromatic N) is 1. The van der Waals surface area contributed by atoms with Gasteiger partial charge >= 0.3 is 0 Å². The molecule has 0 aliphatic carbocycles. The lowest BCUT2D eigenvalue weighted by Gasteiger charge is -2.36. The zero-order valence-electron chi connectivity index (χ0n) is 11.7. The number of aliphatic hydroxyl groups is 2. The Hall–Kier alpha value is 0.310. The number of hydrogen-bond acceptors (Lipinski definition) is 3. The van der Waals surface area contributed by atoms with Crippen molar-refractivity contribution in [3.05, 3.63) is 0 Å².